The number of Topliss-reactive ketones (excluding diaryl/α,β-unsaturated/α-hetero) is 1. The maximum absolute atomic E-state index is 12.2. The van der Waals surface area contributed by atoms with Crippen LogP contribution in [0.5, 0.6) is 0 Å². The summed E-state index contributed by atoms with van der Waals surface area (Å²) in [5, 5.41) is 0. The van der Waals surface area contributed by atoms with Gasteiger partial charge in [-0.3, -0.25) is 14.2 Å². The lowest BCUT2D eigenvalue weighted by molar-refractivity contribution is 0.101. The zero-order chi connectivity index (χ0) is 14.0. The standard InChI is InChI=1S/C13H19N3O3/c1-9(8-15-5-3-4-6-15)16-12(18)11(10(2)17)7-14-13(16)19/h7,9H,3-6,8H2,1-2H3,(H,14,19). The second-order valence-corrected chi connectivity index (χ2v) is 5.10. The van der Waals surface area contributed by atoms with E-state index >= 15 is 0 Å². The van der Waals surface area contributed by atoms with E-state index in [-0.39, 0.29) is 17.4 Å². The van der Waals surface area contributed by atoms with Crippen LogP contribution in [-0.2, 0) is 0 Å². The van der Waals surface area contributed by atoms with Crippen LogP contribution in [0.2, 0.25) is 0 Å². The quantitative estimate of drug-likeness (QED) is 0.799. The lowest BCUT2D eigenvalue weighted by Gasteiger charge is -2.21. The van der Waals surface area contributed by atoms with Crippen LogP contribution >= 0.6 is 0 Å². The molecule has 2 rings (SSSR count). The van der Waals surface area contributed by atoms with E-state index in [2.05, 4.69) is 9.88 Å². The Balaban J connectivity index is 2.32. The molecule has 0 aliphatic carbocycles. The number of carbonyl (C=O) groups is 1. The number of carbonyl (C=O) groups excluding carboxylic acids is 1. The number of aromatic nitrogens is 2. The first-order chi connectivity index (χ1) is 9.00. The Kier molecular flexibility index (Phi) is 3.99. The van der Waals surface area contributed by atoms with Gasteiger partial charge in [-0.2, -0.15) is 0 Å². The van der Waals surface area contributed by atoms with Crippen LogP contribution in [0.1, 0.15) is 43.1 Å². The van der Waals surface area contributed by atoms with Gasteiger partial charge >= 0.3 is 5.69 Å². The summed E-state index contributed by atoms with van der Waals surface area (Å²) in [5.41, 5.74) is -0.919. The molecule has 1 aromatic rings. The number of nitrogens with one attached hydrogen (secondary N) is 1. The van der Waals surface area contributed by atoms with Crippen molar-refractivity contribution in [1.82, 2.24) is 14.5 Å². The first kappa shape index (κ1) is 13.7. The molecule has 1 atom stereocenters. The number of H-pyrrole nitrogens is 1. The fourth-order valence-corrected chi connectivity index (χ4v) is 2.56. The van der Waals surface area contributed by atoms with Gasteiger partial charge in [-0.15, -0.1) is 0 Å². The fourth-order valence-electron chi connectivity index (χ4n) is 2.56. The molecule has 104 valence electrons. The van der Waals surface area contributed by atoms with E-state index < -0.39 is 11.2 Å². The fraction of sp³-hybridized carbons (Fsp3) is 0.615. The molecule has 0 spiro atoms. The number of hydrogen-bond donors (Lipinski definition) is 1. The highest BCUT2D eigenvalue weighted by atomic mass is 16.2. The third kappa shape index (κ3) is 2.84. The molecular weight excluding hydrogens is 246 g/mol. The van der Waals surface area contributed by atoms with E-state index in [4.69, 9.17) is 0 Å². The highest BCUT2D eigenvalue weighted by molar-refractivity contribution is 5.93. The zero-order valence-electron chi connectivity index (χ0n) is 11.3. The third-order valence-corrected chi connectivity index (χ3v) is 3.55. The third-order valence-electron chi connectivity index (χ3n) is 3.55. The van der Waals surface area contributed by atoms with Gasteiger partial charge in [-0.1, -0.05) is 0 Å². The SMILES string of the molecule is CC(=O)c1c[nH]c(=O)n(C(C)CN2CCCC2)c1=O. The monoisotopic (exact) mass is 265 g/mol. The van der Waals surface area contributed by atoms with E-state index in [1.54, 1.807) is 0 Å². The molecule has 1 N–H and O–H groups in total. The number of aromatic amines is 1. The lowest BCUT2D eigenvalue weighted by atomic mass is 10.2. The van der Waals surface area contributed by atoms with Crippen molar-refractivity contribution in [3.8, 4) is 0 Å². The van der Waals surface area contributed by atoms with Crippen molar-refractivity contribution >= 4 is 5.78 Å². The predicted molar refractivity (Wildman–Crippen MR) is 71.7 cm³/mol. The second kappa shape index (κ2) is 5.52. The van der Waals surface area contributed by atoms with E-state index in [0.717, 1.165) is 30.5 Å². The molecule has 0 radical (unpaired) electrons. The first-order valence-corrected chi connectivity index (χ1v) is 6.58. The van der Waals surface area contributed by atoms with Gasteiger partial charge in [0.1, 0.15) is 0 Å². The van der Waals surface area contributed by atoms with Gasteiger partial charge in [-0.05, 0) is 39.8 Å². The molecule has 0 aromatic carbocycles. The number of rotatable bonds is 4. The van der Waals surface area contributed by atoms with E-state index in [1.165, 1.54) is 13.1 Å². The molecule has 0 amide bonds. The Bertz CT molecular complexity index is 582. The maximum Gasteiger partial charge on any atom is 0.328 e. The molecule has 2 heterocycles. The van der Waals surface area contributed by atoms with Crippen molar-refractivity contribution in [2.45, 2.75) is 32.7 Å². The Morgan fingerprint density at radius 3 is 2.58 bits per heavy atom. The molecule has 6 heteroatoms. The van der Waals surface area contributed by atoms with E-state index in [1.807, 2.05) is 6.92 Å². The Hall–Kier alpha value is -1.69. The van der Waals surface area contributed by atoms with Crippen LogP contribution in [0.4, 0.5) is 0 Å². The van der Waals surface area contributed by atoms with Crippen LogP contribution in [0.25, 0.3) is 0 Å². The van der Waals surface area contributed by atoms with Crippen LogP contribution in [0.15, 0.2) is 15.8 Å². The molecule has 1 aromatic heterocycles. The maximum atomic E-state index is 12.2. The lowest BCUT2D eigenvalue weighted by Crippen LogP contribution is -2.42. The van der Waals surface area contributed by atoms with Crippen LogP contribution in [0.3, 0.4) is 0 Å². The number of likely N-dealkylation sites (tertiary alicyclic amines) is 1. The zero-order valence-corrected chi connectivity index (χ0v) is 11.3. The van der Waals surface area contributed by atoms with Crippen molar-refractivity contribution in [1.29, 1.82) is 0 Å². The Morgan fingerprint density at radius 1 is 1.37 bits per heavy atom. The minimum absolute atomic E-state index is 0.0351. The highest BCUT2D eigenvalue weighted by Gasteiger charge is 2.19. The van der Waals surface area contributed by atoms with Crippen molar-refractivity contribution < 1.29 is 4.79 Å². The van der Waals surface area contributed by atoms with Gasteiger partial charge in [0.05, 0.1) is 11.6 Å². The number of hydrogen-bond acceptors (Lipinski definition) is 4. The Labute approximate surface area is 111 Å². The summed E-state index contributed by atoms with van der Waals surface area (Å²) < 4.78 is 1.15. The average Bonchev–Trinajstić information content (AvgIpc) is 2.81. The normalized spacial score (nSPS) is 17.6. The van der Waals surface area contributed by atoms with Gasteiger partial charge < -0.3 is 9.88 Å². The van der Waals surface area contributed by atoms with Crippen LogP contribution < -0.4 is 11.2 Å². The van der Waals surface area contributed by atoms with Crippen molar-refractivity contribution in [3.05, 3.63) is 32.6 Å². The average molecular weight is 265 g/mol. The molecule has 1 aliphatic rings. The molecule has 1 unspecified atom stereocenters. The van der Waals surface area contributed by atoms with Crippen molar-refractivity contribution in [2.75, 3.05) is 19.6 Å². The van der Waals surface area contributed by atoms with E-state index in [9.17, 15) is 14.4 Å². The van der Waals surface area contributed by atoms with E-state index in [0.29, 0.717) is 6.54 Å². The summed E-state index contributed by atoms with van der Waals surface area (Å²) in [4.78, 5) is 40.0. The van der Waals surface area contributed by atoms with Gasteiger partial charge in [0.2, 0.25) is 0 Å². The molecule has 1 aliphatic heterocycles. The molecule has 6 nitrogen and oxygen atoms in total. The summed E-state index contributed by atoms with van der Waals surface area (Å²) in [6.07, 6.45) is 3.52. The molecule has 19 heavy (non-hydrogen) atoms. The summed E-state index contributed by atoms with van der Waals surface area (Å²) >= 11 is 0. The highest BCUT2D eigenvalue weighted by Crippen LogP contribution is 2.11. The first-order valence-electron chi connectivity index (χ1n) is 6.58. The number of ketones is 1. The minimum Gasteiger partial charge on any atom is -0.313 e. The smallest absolute Gasteiger partial charge is 0.313 e. The molecule has 1 fully saturated rings. The van der Waals surface area contributed by atoms with Gasteiger partial charge in [-0.25, -0.2) is 4.79 Å². The summed E-state index contributed by atoms with van der Waals surface area (Å²) in [7, 11) is 0. The Morgan fingerprint density at radius 2 is 2.00 bits per heavy atom. The van der Waals surface area contributed by atoms with Gasteiger partial charge in [0, 0.05) is 12.7 Å². The second-order valence-electron chi connectivity index (χ2n) is 5.10. The van der Waals surface area contributed by atoms with Gasteiger partial charge in [0.15, 0.2) is 5.78 Å². The number of nitrogens with zero attached hydrogens (tertiary/aromatic N) is 2. The topological polar surface area (TPSA) is 75.2 Å². The largest absolute Gasteiger partial charge is 0.328 e. The molecular formula is C13H19N3O3. The van der Waals surface area contributed by atoms with Crippen LogP contribution in [0, 0.1) is 0 Å². The molecule has 0 bridgehead atoms. The molecule has 0 saturated carbocycles. The summed E-state index contributed by atoms with van der Waals surface area (Å²) in [5.74, 6) is -0.330. The van der Waals surface area contributed by atoms with Crippen molar-refractivity contribution in [3.63, 3.8) is 0 Å². The predicted octanol–water partition coefficient (Wildman–Crippen LogP) is 0.396. The summed E-state index contributed by atoms with van der Waals surface area (Å²) in [6.45, 7) is 5.82. The van der Waals surface area contributed by atoms with Crippen molar-refractivity contribution in [2.24, 2.45) is 0 Å². The summed E-state index contributed by atoms with van der Waals surface area (Å²) in [6, 6.07) is -0.242. The van der Waals surface area contributed by atoms with Crippen LogP contribution in [-0.4, -0.2) is 39.9 Å². The molecule has 1 saturated heterocycles. The van der Waals surface area contributed by atoms with Gasteiger partial charge in [0.25, 0.3) is 5.56 Å². The minimum atomic E-state index is -0.497.